The van der Waals surface area contributed by atoms with Crippen LogP contribution in [0.1, 0.15) is 43.1 Å². The average Bonchev–Trinajstić information content (AvgIpc) is 3.13. The zero-order valence-electron chi connectivity index (χ0n) is 13.8. The molecule has 7 heteroatoms. The quantitative estimate of drug-likeness (QED) is 0.821. The van der Waals surface area contributed by atoms with Crippen LogP contribution in [0.4, 0.5) is 0 Å². The van der Waals surface area contributed by atoms with Crippen LogP contribution in [0.25, 0.3) is 0 Å². The fourth-order valence-electron chi connectivity index (χ4n) is 3.37. The van der Waals surface area contributed by atoms with Gasteiger partial charge >= 0.3 is 0 Å². The third-order valence-corrected chi connectivity index (χ3v) is 4.67. The summed E-state index contributed by atoms with van der Waals surface area (Å²) in [5.74, 6) is -0.0606. The summed E-state index contributed by atoms with van der Waals surface area (Å²) in [5, 5.41) is 16.4. The Balaban J connectivity index is 1.54. The summed E-state index contributed by atoms with van der Waals surface area (Å²) in [6.07, 6.45) is 5.11. The number of fused-ring (bicyclic) bond motifs is 1. The lowest BCUT2D eigenvalue weighted by Crippen LogP contribution is -2.46. The van der Waals surface area contributed by atoms with Gasteiger partial charge in [-0.15, -0.1) is 0 Å². The zero-order chi connectivity index (χ0) is 16.4. The summed E-state index contributed by atoms with van der Waals surface area (Å²) in [6, 6.07) is 0.762. The molecule has 2 N–H and O–H groups in total. The lowest BCUT2D eigenvalue weighted by molar-refractivity contribution is -0.0566. The number of carbonyl (C=O) groups excluding carboxylic acids is 1. The molecule has 23 heavy (non-hydrogen) atoms. The normalized spacial score (nSPS) is 28.1. The second-order valence-corrected chi connectivity index (χ2v) is 6.78. The van der Waals surface area contributed by atoms with Crippen LogP contribution < -0.4 is 5.32 Å². The molecule has 128 valence electrons. The second kappa shape index (κ2) is 6.98. The van der Waals surface area contributed by atoms with Crippen LogP contribution in [0.5, 0.6) is 0 Å². The summed E-state index contributed by atoms with van der Waals surface area (Å²) < 4.78 is 7.56. The Labute approximate surface area is 136 Å². The van der Waals surface area contributed by atoms with E-state index < -0.39 is 0 Å². The largest absolute Gasteiger partial charge is 0.396 e. The number of nitrogens with zero attached hydrogens (tertiary/aromatic N) is 3. The van der Waals surface area contributed by atoms with Gasteiger partial charge in [0.05, 0.1) is 24.5 Å². The van der Waals surface area contributed by atoms with E-state index in [-0.39, 0.29) is 30.7 Å². The Hall–Kier alpha value is -1.44. The van der Waals surface area contributed by atoms with Gasteiger partial charge in [-0.3, -0.25) is 14.4 Å². The van der Waals surface area contributed by atoms with Gasteiger partial charge in [-0.05, 0) is 26.7 Å². The first-order valence-electron chi connectivity index (χ1n) is 8.38. The molecule has 2 aliphatic heterocycles. The highest BCUT2D eigenvalue weighted by molar-refractivity contribution is 5.93. The Bertz CT molecular complexity index is 545. The molecule has 3 rings (SSSR count). The maximum Gasteiger partial charge on any atom is 0.254 e. The van der Waals surface area contributed by atoms with Gasteiger partial charge in [0.25, 0.3) is 5.91 Å². The SMILES string of the molecule is CC(C)n1cc(C(=O)N[C@@H]2C[C@H]3CO[C@@H](CCO)CN3C2)cn1. The maximum atomic E-state index is 12.4. The highest BCUT2D eigenvalue weighted by Crippen LogP contribution is 2.24. The van der Waals surface area contributed by atoms with Crippen molar-refractivity contribution in [3.05, 3.63) is 18.0 Å². The molecule has 0 spiro atoms. The number of ether oxygens (including phenoxy) is 1. The van der Waals surface area contributed by atoms with Crippen molar-refractivity contribution >= 4 is 5.91 Å². The number of nitrogens with one attached hydrogen (secondary N) is 1. The van der Waals surface area contributed by atoms with Crippen LogP contribution in [0, 0.1) is 0 Å². The molecule has 3 heterocycles. The van der Waals surface area contributed by atoms with Crippen LogP contribution in [-0.2, 0) is 4.74 Å². The standard InChI is InChI=1S/C16H26N4O3/c1-11(2)20-7-12(6-17-20)16(22)18-13-5-14-10-23-15(3-4-21)9-19(14)8-13/h6-7,11,13-15,21H,3-5,8-10H2,1-2H3,(H,18,22)/t13-,14+,15+/m1/s1. The lowest BCUT2D eigenvalue weighted by Gasteiger charge is -2.34. The molecule has 0 radical (unpaired) electrons. The predicted molar refractivity (Wildman–Crippen MR) is 85.3 cm³/mol. The summed E-state index contributed by atoms with van der Waals surface area (Å²) >= 11 is 0. The first kappa shape index (κ1) is 16.4. The van der Waals surface area contributed by atoms with Gasteiger partial charge in [0.15, 0.2) is 0 Å². The number of hydrogen-bond donors (Lipinski definition) is 2. The van der Waals surface area contributed by atoms with E-state index in [1.165, 1.54) is 0 Å². The van der Waals surface area contributed by atoms with Gasteiger partial charge < -0.3 is 15.2 Å². The number of aliphatic hydroxyl groups excluding tert-OH is 1. The van der Waals surface area contributed by atoms with Gasteiger partial charge in [-0.25, -0.2) is 0 Å². The van der Waals surface area contributed by atoms with Crippen LogP contribution >= 0.6 is 0 Å². The average molecular weight is 322 g/mol. The van der Waals surface area contributed by atoms with E-state index in [9.17, 15) is 4.79 Å². The van der Waals surface area contributed by atoms with Gasteiger partial charge in [0.2, 0.25) is 0 Å². The molecular weight excluding hydrogens is 296 g/mol. The molecule has 3 atom stereocenters. The van der Waals surface area contributed by atoms with Crippen molar-refractivity contribution < 1.29 is 14.6 Å². The molecular formula is C16H26N4O3. The third kappa shape index (κ3) is 3.73. The minimum absolute atomic E-state index is 0.0606. The van der Waals surface area contributed by atoms with Crippen LogP contribution in [-0.4, -0.2) is 70.2 Å². The molecule has 1 aromatic rings. The Morgan fingerprint density at radius 2 is 2.35 bits per heavy atom. The molecule has 2 aliphatic rings. The van der Waals surface area contributed by atoms with Crippen molar-refractivity contribution in [2.75, 3.05) is 26.3 Å². The van der Waals surface area contributed by atoms with E-state index in [2.05, 4.69) is 15.3 Å². The minimum atomic E-state index is -0.0606. The Morgan fingerprint density at radius 1 is 1.52 bits per heavy atom. The van der Waals surface area contributed by atoms with Gasteiger partial charge in [-0.2, -0.15) is 5.10 Å². The monoisotopic (exact) mass is 322 g/mol. The summed E-state index contributed by atoms with van der Waals surface area (Å²) in [7, 11) is 0. The van der Waals surface area contributed by atoms with Gasteiger partial charge in [0.1, 0.15) is 0 Å². The number of amides is 1. The number of carbonyl (C=O) groups is 1. The molecule has 2 saturated heterocycles. The molecule has 0 aromatic carbocycles. The van der Waals surface area contributed by atoms with E-state index in [1.807, 2.05) is 13.8 Å². The number of aliphatic hydroxyl groups is 1. The summed E-state index contributed by atoms with van der Waals surface area (Å²) in [4.78, 5) is 14.7. The lowest BCUT2D eigenvalue weighted by atomic mass is 10.1. The van der Waals surface area contributed by atoms with E-state index in [0.29, 0.717) is 24.6 Å². The highest BCUT2D eigenvalue weighted by atomic mass is 16.5. The summed E-state index contributed by atoms with van der Waals surface area (Å²) in [5.41, 5.74) is 0.609. The second-order valence-electron chi connectivity index (χ2n) is 6.78. The first-order valence-corrected chi connectivity index (χ1v) is 8.38. The maximum absolute atomic E-state index is 12.4. The smallest absolute Gasteiger partial charge is 0.254 e. The number of rotatable bonds is 5. The van der Waals surface area contributed by atoms with Crippen molar-refractivity contribution in [2.24, 2.45) is 0 Å². The minimum Gasteiger partial charge on any atom is -0.396 e. The van der Waals surface area contributed by atoms with E-state index in [4.69, 9.17) is 9.84 Å². The zero-order valence-corrected chi connectivity index (χ0v) is 13.8. The first-order chi connectivity index (χ1) is 11.1. The fourth-order valence-corrected chi connectivity index (χ4v) is 3.37. The molecule has 0 aliphatic carbocycles. The molecule has 0 bridgehead atoms. The van der Waals surface area contributed by atoms with Crippen LogP contribution in [0.3, 0.4) is 0 Å². The van der Waals surface area contributed by atoms with E-state index in [0.717, 1.165) is 19.5 Å². The highest BCUT2D eigenvalue weighted by Gasteiger charge is 2.37. The molecule has 1 amide bonds. The molecule has 2 fully saturated rings. The molecule has 1 aromatic heterocycles. The van der Waals surface area contributed by atoms with E-state index >= 15 is 0 Å². The fraction of sp³-hybridized carbons (Fsp3) is 0.750. The topological polar surface area (TPSA) is 79.6 Å². The van der Waals surface area contributed by atoms with E-state index in [1.54, 1.807) is 17.1 Å². The molecule has 0 saturated carbocycles. The predicted octanol–water partition coefficient (Wildman–Crippen LogP) is 0.418. The van der Waals surface area contributed by atoms with Gasteiger partial charge in [0, 0.05) is 44.0 Å². The number of morpholine rings is 1. The molecule has 7 nitrogen and oxygen atoms in total. The van der Waals surface area contributed by atoms with Crippen molar-refractivity contribution in [3.63, 3.8) is 0 Å². The van der Waals surface area contributed by atoms with Crippen molar-refractivity contribution in [1.29, 1.82) is 0 Å². The number of hydrogen-bond acceptors (Lipinski definition) is 5. The Kier molecular flexibility index (Phi) is 4.99. The van der Waals surface area contributed by atoms with Crippen LogP contribution in [0.15, 0.2) is 12.4 Å². The van der Waals surface area contributed by atoms with Crippen molar-refractivity contribution in [3.8, 4) is 0 Å². The number of aromatic nitrogens is 2. The van der Waals surface area contributed by atoms with Crippen molar-refractivity contribution in [2.45, 2.75) is 50.9 Å². The van der Waals surface area contributed by atoms with Crippen molar-refractivity contribution in [1.82, 2.24) is 20.0 Å². The Morgan fingerprint density at radius 3 is 3.04 bits per heavy atom. The third-order valence-electron chi connectivity index (χ3n) is 4.67. The summed E-state index contributed by atoms with van der Waals surface area (Å²) in [6.45, 7) is 6.59. The molecule has 0 unspecified atom stereocenters. The van der Waals surface area contributed by atoms with Gasteiger partial charge in [-0.1, -0.05) is 0 Å². The van der Waals surface area contributed by atoms with Crippen LogP contribution in [0.2, 0.25) is 0 Å².